The molecule has 0 bridgehead atoms. The molecule has 3 N–H and O–H groups in total. The molecule has 0 aromatic heterocycles. The van der Waals surface area contributed by atoms with Crippen LogP contribution in [-0.2, 0) is 4.74 Å². The van der Waals surface area contributed by atoms with Crippen molar-refractivity contribution < 1.29 is 9.84 Å². The van der Waals surface area contributed by atoms with Crippen LogP contribution in [0.3, 0.4) is 0 Å². The van der Waals surface area contributed by atoms with Crippen molar-refractivity contribution in [2.75, 3.05) is 65.6 Å². The molecule has 3 heterocycles. The summed E-state index contributed by atoms with van der Waals surface area (Å²) in [4.78, 5) is 9.86. The Balaban J connectivity index is 0.00000300. The van der Waals surface area contributed by atoms with E-state index in [1.807, 2.05) is 0 Å². The number of hydrogen-bond donors (Lipinski definition) is 3. The molecule has 7 nitrogen and oxygen atoms in total. The minimum Gasteiger partial charge on any atom is -0.393 e. The summed E-state index contributed by atoms with van der Waals surface area (Å²) in [7, 11) is 0. The predicted octanol–water partition coefficient (Wildman–Crippen LogP) is 1.51. The highest BCUT2D eigenvalue weighted by atomic mass is 127. The van der Waals surface area contributed by atoms with Gasteiger partial charge in [-0.2, -0.15) is 0 Å². The number of ether oxygens (including phenoxy) is 1. The van der Waals surface area contributed by atoms with Crippen LogP contribution in [0.2, 0.25) is 0 Å². The quantitative estimate of drug-likeness (QED) is 0.194. The molecule has 8 heteroatoms. The molecule has 29 heavy (non-hydrogen) atoms. The summed E-state index contributed by atoms with van der Waals surface area (Å²) in [5.41, 5.74) is 0. The van der Waals surface area contributed by atoms with Gasteiger partial charge < -0.3 is 30.3 Å². The van der Waals surface area contributed by atoms with Crippen molar-refractivity contribution in [3.05, 3.63) is 0 Å². The van der Waals surface area contributed by atoms with Gasteiger partial charge in [0.2, 0.25) is 0 Å². The fraction of sp³-hybridized carbons (Fsp3) is 0.952. The van der Waals surface area contributed by atoms with Gasteiger partial charge >= 0.3 is 0 Å². The van der Waals surface area contributed by atoms with Gasteiger partial charge in [0.15, 0.2) is 5.96 Å². The van der Waals surface area contributed by atoms with E-state index in [4.69, 9.17) is 9.73 Å². The second kappa shape index (κ2) is 14.0. The summed E-state index contributed by atoms with van der Waals surface area (Å²) < 4.78 is 5.51. The fourth-order valence-electron chi connectivity index (χ4n) is 4.49. The van der Waals surface area contributed by atoms with Gasteiger partial charge in [-0.05, 0) is 57.9 Å². The number of guanidine groups is 1. The van der Waals surface area contributed by atoms with E-state index in [1.165, 1.54) is 38.9 Å². The highest BCUT2D eigenvalue weighted by molar-refractivity contribution is 14.0. The van der Waals surface area contributed by atoms with E-state index in [-0.39, 0.29) is 30.1 Å². The molecule has 3 saturated heterocycles. The Bertz CT molecular complexity index is 460. The lowest BCUT2D eigenvalue weighted by Crippen LogP contribution is -2.49. The standard InChI is InChI=1S/C21H41N5O2.HI/c1-2-22-21(23-9-3-10-25-13-6-20(27)7-14-25)24-19-4-11-26(12-5-19)16-18-8-15-28-17-18;/h18-20,27H,2-17H2,1H3,(H2,22,23,24);1H. The number of hydrogen-bond acceptors (Lipinski definition) is 5. The second-order valence-corrected chi connectivity index (χ2v) is 8.64. The summed E-state index contributed by atoms with van der Waals surface area (Å²) in [6, 6.07) is 0.525. The number of aliphatic hydroxyl groups is 1. The topological polar surface area (TPSA) is 72.4 Å². The summed E-state index contributed by atoms with van der Waals surface area (Å²) in [5.74, 6) is 1.71. The zero-order chi connectivity index (χ0) is 19.6. The van der Waals surface area contributed by atoms with Gasteiger partial charge in [-0.3, -0.25) is 4.99 Å². The molecule has 0 aromatic rings. The van der Waals surface area contributed by atoms with Crippen molar-refractivity contribution in [2.24, 2.45) is 10.9 Å². The molecule has 0 aromatic carbocycles. The summed E-state index contributed by atoms with van der Waals surface area (Å²) in [6.07, 6.45) is 6.43. The van der Waals surface area contributed by atoms with Crippen LogP contribution < -0.4 is 10.6 Å². The smallest absolute Gasteiger partial charge is 0.191 e. The lowest BCUT2D eigenvalue weighted by molar-refractivity contribution is 0.0824. The zero-order valence-electron chi connectivity index (χ0n) is 18.2. The maximum Gasteiger partial charge on any atom is 0.191 e. The number of piperidine rings is 2. The number of likely N-dealkylation sites (tertiary alicyclic amines) is 2. The monoisotopic (exact) mass is 523 g/mol. The van der Waals surface area contributed by atoms with Gasteiger partial charge in [0, 0.05) is 58.5 Å². The van der Waals surface area contributed by atoms with Gasteiger partial charge in [-0.1, -0.05) is 0 Å². The number of aliphatic imine (C=N–C) groups is 1. The zero-order valence-corrected chi connectivity index (χ0v) is 20.5. The van der Waals surface area contributed by atoms with Crippen LogP contribution in [0.1, 0.15) is 45.4 Å². The first kappa shape index (κ1) is 25.1. The van der Waals surface area contributed by atoms with Crippen LogP contribution in [0, 0.1) is 5.92 Å². The number of rotatable bonds is 8. The second-order valence-electron chi connectivity index (χ2n) is 8.64. The maximum atomic E-state index is 9.60. The van der Waals surface area contributed by atoms with Crippen LogP contribution >= 0.6 is 24.0 Å². The van der Waals surface area contributed by atoms with E-state index in [2.05, 4.69) is 27.4 Å². The third-order valence-corrected chi connectivity index (χ3v) is 6.27. The lowest BCUT2D eigenvalue weighted by atomic mass is 10.0. The predicted molar refractivity (Wildman–Crippen MR) is 129 cm³/mol. The average Bonchev–Trinajstić information content (AvgIpc) is 3.21. The van der Waals surface area contributed by atoms with Crippen LogP contribution in [0.25, 0.3) is 0 Å². The number of aliphatic hydroxyl groups excluding tert-OH is 1. The fourth-order valence-corrected chi connectivity index (χ4v) is 4.49. The highest BCUT2D eigenvalue weighted by Crippen LogP contribution is 2.17. The largest absolute Gasteiger partial charge is 0.393 e. The first-order chi connectivity index (χ1) is 13.7. The van der Waals surface area contributed by atoms with Crippen molar-refractivity contribution >= 4 is 29.9 Å². The Labute approximate surface area is 194 Å². The molecule has 3 rings (SSSR count). The summed E-state index contributed by atoms with van der Waals surface area (Å²) >= 11 is 0. The van der Waals surface area contributed by atoms with E-state index in [1.54, 1.807) is 0 Å². The van der Waals surface area contributed by atoms with Crippen LogP contribution in [0.5, 0.6) is 0 Å². The molecule has 0 saturated carbocycles. The van der Waals surface area contributed by atoms with Crippen molar-refractivity contribution in [3.63, 3.8) is 0 Å². The molecular weight excluding hydrogens is 481 g/mol. The van der Waals surface area contributed by atoms with Crippen molar-refractivity contribution in [3.8, 4) is 0 Å². The van der Waals surface area contributed by atoms with Crippen molar-refractivity contribution in [2.45, 2.75) is 57.6 Å². The molecule has 0 amide bonds. The van der Waals surface area contributed by atoms with Gasteiger partial charge in [0.25, 0.3) is 0 Å². The van der Waals surface area contributed by atoms with E-state index in [0.29, 0.717) is 6.04 Å². The van der Waals surface area contributed by atoms with E-state index in [0.717, 1.165) is 77.1 Å². The lowest BCUT2D eigenvalue weighted by Gasteiger charge is -2.34. The van der Waals surface area contributed by atoms with E-state index >= 15 is 0 Å². The Morgan fingerprint density at radius 1 is 1.07 bits per heavy atom. The van der Waals surface area contributed by atoms with Gasteiger partial charge in [-0.25, -0.2) is 0 Å². The van der Waals surface area contributed by atoms with Crippen molar-refractivity contribution in [1.29, 1.82) is 0 Å². The summed E-state index contributed by atoms with van der Waals surface area (Å²) in [6.45, 7) is 12.5. The Hall–Kier alpha value is -0.160. The van der Waals surface area contributed by atoms with E-state index < -0.39 is 0 Å². The van der Waals surface area contributed by atoms with Gasteiger partial charge in [0.1, 0.15) is 0 Å². The molecule has 0 spiro atoms. The van der Waals surface area contributed by atoms with Crippen LogP contribution in [0.15, 0.2) is 4.99 Å². The van der Waals surface area contributed by atoms with Crippen molar-refractivity contribution in [1.82, 2.24) is 20.4 Å². The molecule has 3 fully saturated rings. The van der Waals surface area contributed by atoms with Crippen LogP contribution in [-0.4, -0.2) is 98.6 Å². The molecule has 1 unspecified atom stereocenters. The molecule has 3 aliphatic heterocycles. The highest BCUT2D eigenvalue weighted by Gasteiger charge is 2.24. The first-order valence-electron chi connectivity index (χ1n) is 11.5. The normalized spacial score (nSPS) is 25.7. The van der Waals surface area contributed by atoms with Gasteiger partial charge in [0.05, 0.1) is 12.7 Å². The molecule has 170 valence electrons. The number of nitrogens with zero attached hydrogens (tertiary/aromatic N) is 3. The van der Waals surface area contributed by atoms with E-state index in [9.17, 15) is 5.11 Å². The molecule has 0 aliphatic carbocycles. The molecular formula is C21H42IN5O2. The van der Waals surface area contributed by atoms with Gasteiger partial charge in [-0.15, -0.1) is 24.0 Å². The Morgan fingerprint density at radius 3 is 2.45 bits per heavy atom. The minimum absolute atomic E-state index is 0. The Morgan fingerprint density at radius 2 is 1.79 bits per heavy atom. The SMILES string of the molecule is CCNC(=NCCCN1CCC(O)CC1)NC1CCN(CC2CCOC2)CC1.I. The summed E-state index contributed by atoms with van der Waals surface area (Å²) in [5, 5.41) is 16.7. The third-order valence-electron chi connectivity index (χ3n) is 6.27. The molecule has 3 aliphatic rings. The molecule has 1 atom stereocenters. The number of halogens is 1. The minimum atomic E-state index is -0.0863. The number of nitrogens with one attached hydrogen (secondary N) is 2. The maximum absolute atomic E-state index is 9.60. The average molecular weight is 524 g/mol. The Kier molecular flexibility index (Phi) is 12.1. The van der Waals surface area contributed by atoms with Crippen LogP contribution in [0.4, 0.5) is 0 Å². The first-order valence-corrected chi connectivity index (χ1v) is 11.5. The molecule has 0 radical (unpaired) electrons. The third kappa shape index (κ3) is 9.25.